The van der Waals surface area contributed by atoms with Crippen LogP contribution in [0.1, 0.15) is 43.4 Å². The van der Waals surface area contributed by atoms with Gasteiger partial charge >= 0.3 is 5.97 Å². The number of phenolic OH excluding ortho intramolecular Hbond substituents is 1. The van der Waals surface area contributed by atoms with Crippen LogP contribution in [-0.4, -0.2) is 87.1 Å². The van der Waals surface area contributed by atoms with E-state index in [2.05, 4.69) is 30.9 Å². The van der Waals surface area contributed by atoms with Crippen LogP contribution in [0.3, 0.4) is 0 Å². The first-order valence-corrected chi connectivity index (χ1v) is 13.9. The van der Waals surface area contributed by atoms with Crippen molar-refractivity contribution >= 4 is 29.7 Å². The number of carbonyl (C=O) groups is 4. The van der Waals surface area contributed by atoms with Crippen molar-refractivity contribution in [3.05, 3.63) is 48.0 Å². The van der Waals surface area contributed by atoms with E-state index in [9.17, 15) is 29.4 Å². The molecule has 0 bridgehead atoms. The van der Waals surface area contributed by atoms with Crippen LogP contribution in [-0.2, 0) is 32.0 Å². The first-order valence-electron chi connectivity index (χ1n) is 13.9. The van der Waals surface area contributed by atoms with Crippen molar-refractivity contribution in [3.8, 4) is 5.75 Å². The topological polar surface area (TPSA) is 290 Å². The zero-order valence-corrected chi connectivity index (χ0v) is 23.9. The van der Waals surface area contributed by atoms with Gasteiger partial charge in [0.05, 0.1) is 12.4 Å². The smallest absolute Gasteiger partial charge is 0.326 e. The minimum atomic E-state index is -1.28. The molecule has 236 valence electrons. The fourth-order valence-corrected chi connectivity index (χ4v) is 4.15. The molecule has 1 aromatic carbocycles. The molecule has 0 spiro atoms. The number of hydrogen-bond acceptors (Lipinski definition) is 9. The molecule has 2 rings (SSSR count). The van der Waals surface area contributed by atoms with Crippen LogP contribution in [0.5, 0.6) is 5.75 Å². The standard InChI is InChI=1S/C27H42N10O6/c28-10-2-1-4-20(25(41)37-22(26(42)43)13-17-14-32-15-34-17)36-24(40)21(5-3-11-33-27(30)31)35-23(39)19(29)12-16-6-8-18(38)9-7-16/h6-9,14-15,19-22,38H,1-5,10-13,28-29H2,(H,32,34)(H,35,39)(H,36,40)(H,37,41)(H,42,43)(H4,30,31,33). The zero-order valence-electron chi connectivity index (χ0n) is 23.9. The van der Waals surface area contributed by atoms with Crippen LogP contribution in [0, 0.1) is 0 Å². The summed E-state index contributed by atoms with van der Waals surface area (Å²) >= 11 is 0. The number of nitrogens with one attached hydrogen (secondary N) is 4. The van der Waals surface area contributed by atoms with Gasteiger partial charge in [0, 0.05) is 24.9 Å². The van der Waals surface area contributed by atoms with E-state index in [0.717, 1.165) is 0 Å². The second-order valence-corrected chi connectivity index (χ2v) is 10.0. The Kier molecular flexibility index (Phi) is 14.4. The number of nitrogens with two attached hydrogens (primary N) is 4. The maximum Gasteiger partial charge on any atom is 0.326 e. The number of unbranched alkanes of at least 4 members (excludes halogenated alkanes) is 1. The molecular weight excluding hydrogens is 560 g/mol. The number of guanidine groups is 1. The lowest BCUT2D eigenvalue weighted by molar-refractivity contribution is -0.142. The highest BCUT2D eigenvalue weighted by Crippen LogP contribution is 2.12. The molecule has 0 aliphatic carbocycles. The molecule has 2 aromatic rings. The molecule has 43 heavy (non-hydrogen) atoms. The van der Waals surface area contributed by atoms with Gasteiger partial charge in [-0.3, -0.25) is 19.4 Å². The lowest BCUT2D eigenvalue weighted by Crippen LogP contribution is -2.57. The van der Waals surface area contributed by atoms with Gasteiger partial charge in [-0.2, -0.15) is 0 Å². The minimum absolute atomic E-state index is 0.0487. The Morgan fingerprint density at radius 3 is 2.05 bits per heavy atom. The van der Waals surface area contributed by atoms with E-state index in [-0.39, 0.29) is 43.9 Å². The molecule has 14 N–H and O–H groups in total. The van der Waals surface area contributed by atoms with Crippen LogP contribution >= 0.6 is 0 Å². The maximum atomic E-state index is 13.4. The normalized spacial score (nSPS) is 13.6. The van der Waals surface area contributed by atoms with Gasteiger partial charge in [0.2, 0.25) is 17.7 Å². The molecule has 0 aliphatic rings. The molecule has 0 saturated heterocycles. The predicted octanol–water partition coefficient (Wildman–Crippen LogP) is -2.05. The van der Waals surface area contributed by atoms with Crippen molar-refractivity contribution in [2.45, 2.75) is 69.1 Å². The van der Waals surface area contributed by atoms with Gasteiger partial charge in [0.25, 0.3) is 0 Å². The number of carbonyl (C=O) groups excluding carboxylic acids is 3. The average molecular weight is 603 g/mol. The first kappa shape index (κ1) is 34.5. The number of aromatic hydroxyl groups is 1. The number of carboxylic acids is 1. The summed E-state index contributed by atoms with van der Waals surface area (Å²) in [7, 11) is 0. The zero-order chi connectivity index (χ0) is 31.8. The Morgan fingerprint density at radius 1 is 0.884 bits per heavy atom. The fourth-order valence-electron chi connectivity index (χ4n) is 4.15. The van der Waals surface area contributed by atoms with Crippen molar-refractivity contribution in [1.82, 2.24) is 25.9 Å². The van der Waals surface area contributed by atoms with E-state index in [1.165, 1.54) is 24.7 Å². The van der Waals surface area contributed by atoms with E-state index in [1.807, 2.05) is 0 Å². The summed E-state index contributed by atoms with van der Waals surface area (Å²) in [5.74, 6) is -3.29. The number of imidazole rings is 1. The molecule has 1 aromatic heterocycles. The van der Waals surface area contributed by atoms with Crippen molar-refractivity contribution < 1.29 is 29.4 Å². The van der Waals surface area contributed by atoms with Crippen LogP contribution in [0.2, 0.25) is 0 Å². The number of aliphatic imine (C=N–C) groups is 1. The van der Waals surface area contributed by atoms with Gasteiger partial charge in [0.1, 0.15) is 23.9 Å². The number of aliphatic carboxylic acids is 1. The third kappa shape index (κ3) is 12.8. The summed E-state index contributed by atoms with van der Waals surface area (Å²) in [6.45, 7) is 0.554. The predicted molar refractivity (Wildman–Crippen MR) is 158 cm³/mol. The number of phenols is 1. The quantitative estimate of drug-likeness (QED) is 0.0474. The number of aromatic nitrogens is 2. The van der Waals surface area contributed by atoms with E-state index in [4.69, 9.17) is 22.9 Å². The molecule has 0 radical (unpaired) electrons. The first-order chi connectivity index (χ1) is 20.5. The molecular formula is C27H42N10O6. The van der Waals surface area contributed by atoms with E-state index < -0.39 is 47.9 Å². The number of rotatable bonds is 19. The Labute approximate surface area is 249 Å². The number of aromatic amines is 1. The summed E-state index contributed by atoms with van der Waals surface area (Å²) in [6, 6.07) is 1.70. The SMILES string of the molecule is NCCCCC(NC(=O)C(CCCN=C(N)N)NC(=O)C(N)Cc1ccc(O)cc1)C(=O)NC(Cc1cnc[nH]1)C(=O)O. The molecule has 3 amide bonds. The molecule has 4 atom stereocenters. The molecule has 1 heterocycles. The molecule has 16 nitrogen and oxygen atoms in total. The molecule has 4 unspecified atom stereocenters. The number of benzene rings is 1. The summed E-state index contributed by atoms with van der Waals surface area (Å²) in [5.41, 5.74) is 23.7. The molecule has 16 heteroatoms. The molecule has 0 aliphatic heterocycles. The third-order valence-electron chi connectivity index (χ3n) is 6.48. The summed E-state index contributed by atoms with van der Waals surface area (Å²) in [6.07, 6.45) is 4.61. The molecule has 0 saturated carbocycles. The Morgan fingerprint density at radius 2 is 1.49 bits per heavy atom. The van der Waals surface area contributed by atoms with Gasteiger partial charge in [-0.25, -0.2) is 9.78 Å². The number of H-pyrrole nitrogens is 1. The van der Waals surface area contributed by atoms with E-state index >= 15 is 0 Å². The second kappa shape index (κ2) is 18.0. The van der Waals surface area contributed by atoms with Crippen LogP contribution in [0.25, 0.3) is 0 Å². The molecule has 0 fully saturated rings. The minimum Gasteiger partial charge on any atom is -0.508 e. The lowest BCUT2D eigenvalue weighted by Gasteiger charge is -2.25. The Hall–Kier alpha value is -4.70. The van der Waals surface area contributed by atoms with Crippen LogP contribution < -0.4 is 38.9 Å². The van der Waals surface area contributed by atoms with Gasteiger partial charge < -0.3 is 54.1 Å². The second-order valence-electron chi connectivity index (χ2n) is 10.0. The van der Waals surface area contributed by atoms with Gasteiger partial charge in [-0.1, -0.05) is 12.1 Å². The number of hydrogen-bond donors (Lipinski definition) is 10. The van der Waals surface area contributed by atoms with Crippen molar-refractivity contribution in [2.75, 3.05) is 13.1 Å². The fraction of sp³-hybridized carbons (Fsp3) is 0.481. The Balaban J connectivity index is 2.16. The highest BCUT2D eigenvalue weighted by molar-refractivity contribution is 5.94. The van der Waals surface area contributed by atoms with Crippen LogP contribution in [0.4, 0.5) is 0 Å². The summed E-state index contributed by atoms with van der Waals surface area (Å²) < 4.78 is 0. The van der Waals surface area contributed by atoms with Gasteiger partial charge in [0.15, 0.2) is 5.96 Å². The largest absolute Gasteiger partial charge is 0.508 e. The van der Waals surface area contributed by atoms with E-state index in [0.29, 0.717) is 37.1 Å². The van der Waals surface area contributed by atoms with Crippen molar-refractivity contribution in [2.24, 2.45) is 27.9 Å². The van der Waals surface area contributed by atoms with Gasteiger partial charge in [-0.05, 0) is 62.8 Å². The average Bonchev–Trinajstić information content (AvgIpc) is 3.47. The maximum absolute atomic E-state index is 13.4. The van der Waals surface area contributed by atoms with Crippen LogP contribution in [0.15, 0.2) is 41.8 Å². The number of carboxylic acid groups (broad SMARTS) is 1. The number of amides is 3. The highest BCUT2D eigenvalue weighted by atomic mass is 16.4. The van der Waals surface area contributed by atoms with E-state index in [1.54, 1.807) is 12.1 Å². The van der Waals surface area contributed by atoms with Crippen molar-refractivity contribution in [1.29, 1.82) is 0 Å². The third-order valence-corrected chi connectivity index (χ3v) is 6.48. The summed E-state index contributed by atoms with van der Waals surface area (Å²) in [4.78, 5) is 62.0. The van der Waals surface area contributed by atoms with Crippen molar-refractivity contribution in [3.63, 3.8) is 0 Å². The lowest BCUT2D eigenvalue weighted by atomic mass is 10.0. The Bertz CT molecular complexity index is 1200. The number of nitrogens with zero attached hydrogens (tertiary/aromatic N) is 2. The van der Waals surface area contributed by atoms with Gasteiger partial charge in [-0.15, -0.1) is 0 Å². The highest BCUT2D eigenvalue weighted by Gasteiger charge is 2.30. The monoisotopic (exact) mass is 602 g/mol. The summed E-state index contributed by atoms with van der Waals surface area (Å²) in [5, 5.41) is 26.9.